The molecule has 0 aliphatic carbocycles. The second kappa shape index (κ2) is 6.23. The molecule has 0 aliphatic heterocycles. The number of aliphatic hydroxyl groups is 1. The fraction of sp³-hybridized carbons (Fsp3) is 0.286. The maximum Gasteiger partial charge on any atom is 0.123 e. The van der Waals surface area contributed by atoms with Gasteiger partial charge in [-0.05, 0) is 29.8 Å². The molecular formula is C14H17NO3. The summed E-state index contributed by atoms with van der Waals surface area (Å²) < 4.78 is 10.4. The number of furan rings is 1. The molecule has 18 heavy (non-hydrogen) atoms. The zero-order valence-corrected chi connectivity index (χ0v) is 10.3. The minimum Gasteiger partial charge on any atom is -0.497 e. The summed E-state index contributed by atoms with van der Waals surface area (Å²) in [5, 5.41) is 12.6. The fourth-order valence-electron chi connectivity index (χ4n) is 1.77. The van der Waals surface area contributed by atoms with Gasteiger partial charge in [0.2, 0.25) is 0 Å². The summed E-state index contributed by atoms with van der Waals surface area (Å²) in [5.74, 6) is 1.56. The Balaban J connectivity index is 1.97. The molecule has 0 amide bonds. The minimum absolute atomic E-state index is 0.00250. The molecule has 1 aromatic carbocycles. The van der Waals surface area contributed by atoms with Crippen molar-refractivity contribution in [3.05, 3.63) is 54.0 Å². The molecule has 4 nitrogen and oxygen atoms in total. The van der Waals surface area contributed by atoms with E-state index < -0.39 is 0 Å². The third kappa shape index (κ3) is 3.12. The fourth-order valence-corrected chi connectivity index (χ4v) is 1.77. The van der Waals surface area contributed by atoms with E-state index in [1.807, 2.05) is 36.4 Å². The van der Waals surface area contributed by atoms with Crippen LogP contribution in [0.25, 0.3) is 0 Å². The van der Waals surface area contributed by atoms with Gasteiger partial charge in [0.15, 0.2) is 0 Å². The van der Waals surface area contributed by atoms with Crippen molar-refractivity contribution < 1.29 is 14.3 Å². The Morgan fingerprint density at radius 3 is 2.89 bits per heavy atom. The van der Waals surface area contributed by atoms with Gasteiger partial charge in [0.25, 0.3) is 0 Å². The predicted molar refractivity (Wildman–Crippen MR) is 68.4 cm³/mol. The van der Waals surface area contributed by atoms with Crippen molar-refractivity contribution in [3.8, 4) is 5.75 Å². The van der Waals surface area contributed by atoms with E-state index in [1.54, 1.807) is 13.4 Å². The zero-order chi connectivity index (χ0) is 12.8. The van der Waals surface area contributed by atoms with E-state index in [4.69, 9.17) is 9.15 Å². The Morgan fingerprint density at radius 1 is 1.33 bits per heavy atom. The van der Waals surface area contributed by atoms with Crippen LogP contribution in [0.5, 0.6) is 5.75 Å². The highest BCUT2D eigenvalue weighted by Crippen LogP contribution is 2.16. The van der Waals surface area contributed by atoms with Crippen LogP contribution in [0.2, 0.25) is 0 Å². The third-order valence-electron chi connectivity index (χ3n) is 2.76. The lowest BCUT2D eigenvalue weighted by Crippen LogP contribution is -2.23. The van der Waals surface area contributed by atoms with Crippen LogP contribution in [-0.4, -0.2) is 18.8 Å². The number of methoxy groups -OCH3 is 1. The van der Waals surface area contributed by atoms with Gasteiger partial charge in [0.1, 0.15) is 11.5 Å². The van der Waals surface area contributed by atoms with E-state index in [9.17, 15) is 5.11 Å². The number of benzene rings is 1. The summed E-state index contributed by atoms with van der Waals surface area (Å²) >= 11 is 0. The molecule has 1 unspecified atom stereocenters. The Morgan fingerprint density at radius 2 is 2.22 bits per heavy atom. The number of nitrogens with one attached hydrogen (secondary N) is 1. The Kier molecular flexibility index (Phi) is 4.39. The first-order valence-electron chi connectivity index (χ1n) is 5.84. The molecule has 0 aliphatic rings. The highest BCUT2D eigenvalue weighted by molar-refractivity contribution is 5.28. The largest absolute Gasteiger partial charge is 0.497 e. The normalized spacial score (nSPS) is 12.3. The van der Waals surface area contributed by atoms with E-state index in [-0.39, 0.29) is 12.6 Å². The lowest BCUT2D eigenvalue weighted by Gasteiger charge is -2.14. The van der Waals surface area contributed by atoms with Crippen molar-refractivity contribution in [2.45, 2.75) is 12.6 Å². The molecule has 1 aromatic heterocycles. The summed E-state index contributed by atoms with van der Waals surface area (Å²) in [5.41, 5.74) is 1.10. The quantitative estimate of drug-likeness (QED) is 0.821. The Hall–Kier alpha value is -1.78. The van der Waals surface area contributed by atoms with Gasteiger partial charge in [-0.3, -0.25) is 0 Å². The maximum absolute atomic E-state index is 9.33. The molecule has 0 saturated heterocycles. The van der Waals surface area contributed by atoms with Gasteiger partial charge in [-0.2, -0.15) is 0 Å². The molecule has 0 bridgehead atoms. The number of hydrogen-bond donors (Lipinski definition) is 2. The van der Waals surface area contributed by atoms with E-state index in [0.29, 0.717) is 6.54 Å². The van der Waals surface area contributed by atoms with Gasteiger partial charge in [0.05, 0.1) is 26.0 Å². The first-order valence-corrected chi connectivity index (χ1v) is 5.84. The van der Waals surface area contributed by atoms with Crippen molar-refractivity contribution in [1.82, 2.24) is 5.32 Å². The van der Waals surface area contributed by atoms with Crippen LogP contribution in [0.4, 0.5) is 0 Å². The van der Waals surface area contributed by atoms with Crippen LogP contribution < -0.4 is 10.1 Å². The zero-order valence-electron chi connectivity index (χ0n) is 10.3. The van der Waals surface area contributed by atoms with Gasteiger partial charge in [-0.15, -0.1) is 0 Å². The number of rotatable bonds is 6. The molecule has 1 heterocycles. The first-order chi connectivity index (χ1) is 8.83. The van der Waals surface area contributed by atoms with Crippen LogP contribution in [0.3, 0.4) is 0 Å². The summed E-state index contributed by atoms with van der Waals surface area (Å²) in [6.45, 7) is 0.639. The molecule has 2 aromatic rings. The molecule has 4 heteroatoms. The van der Waals surface area contributed by atoms with E-state index in [2.05, 4.69) is 5.32 Å². The van der Waals surface area contributed by atoms with Crippen LogP contribution in [-0.2, 0) is 6.54 Å². The van der Waals surface area contributed by atoms with Gasteiger partial charge >= 0.3 is 0 Å². The van der Waals surface area contributed by atoms with Crippen molar-refractivity contribution in [2.75, 3.05) is 13.7 Å². The highest BCUT2D eigenvalue weighted by atomic mass is 16.5. The van der Waals surface area contributed by atoms with Crippen LogP contribution in [0, 0.1) is 0 Å². The molecule has 96 valence electrons. The van der Waals surface area contributed by atoms with Crippen molar-refractivity contribution in [1.29, 1.82) is 0 Å². The number of hydrogen-bond acceptors (Lipinski definition) is 4. The summed E-state index contributed by atoms with van der Waals surface area (Å²) in [6, 6.07) is 11.3. The lowest BCUT2D eigenvalue weighted by atomic mass is 10.2. The van der Waals surface area contributed by atoms with Gasteiger partial charge in [-0.1, -0.05) is 12.1 Å². The molecule has 0 spiro atoms. The molecule has 2 rings (SSSR count). The van der Waals surface area contributed by atoms with E-state index >= 15 is 0 Å². The summed E-state index contributed by atoms with van der Waals surface area (Å²) in [6.07, 6.45) is 1.60. The van der Waals surface area contributed by atoms with Gasteiger partial charge in [-0.25, -0.2) is 0 Å². The topological polar surface area (TPSA) is 54.6 Å². The van der Waals surface area contributed by atoms with Crippen molar-refractivity contribution >= 4 is 0 Å². The SMILES string of the molecule is COc1cccc(CNC(CO)c2ccco2)c1. The number of aliphatic hydroxyl groups excluding tert-OH is 1. The van der Waals surface area contributed by atoms with Crippen molar-refractivity contribution in [2.24, 2.45) is 0 Å². The smallest absolute Gasteiger partial charge is 0.123 e. The molecule has 0 fully saturated rings. The molecule has 2 N–H and O–H groups in total. The number of ether oxygens (including phenoxy) is 1. The average molecular weight is 247 g/mol. The lowest BCUT2D eigenvalue weighted by molar-refractivity contribution is 0.225. The minimum atomic E-state index is -0.189. The molecule has 0 saturated carbocycles. The van der Waals surface area contributed by atoms with Crippen molar-refractivity contribution in [3.63, 3.8) is 0 Å². The van der Waals surface area contributed by atoms with Crippen LogP contribution >= 0.6 is 0 Å². The van der Waals surface area contributed by atoms with Crippen LogP contribution in [0.1, 0.15) is 17.4 Å². The summed E-state index contributed by atoms with van der Waals surface area (Å²) in [7, 11) is 1.64. The maximum atomic E-state index is 9.33. The van der Waals surface area contributed by atoms with E-state index in [0.717, 1.165) is 17.1 Å². The third-order valence-corrected chi connectivity index (χ3v) is 2.76. The Bertz CT molecular complexity index is 468. The predicted octanol–water partition coefficient (Wildman–Crippen LogP) is 2.11. The standard InChI is InChI=1S/C14H17NO3/c1-17-12-5-2-4-11(8-12)9-15-13(10-16)14-6-3-7-18-14/h2-8,13,15-16H,9-10H2,1H3. The Labute approximate surface area is 106 Å². The second-order valence-electron chi connectivity index (χ2n) is 3.98. The summed E-state index contributed by atoms with van der Waals surface area (Å²) in [4.78, 5) is 0. The average Bonchev–Trinajstić information content (AvgIpc) is 2.94. The first kappa shape index (κ1) is 12.7. The highest BCUT2D eigenvalue weighted by Gasteiger charge is 2.12. The monoisotopic (exact) mass is 247 g/mol. The molecule has 0 radical (unpaired) electrons. The molecule has 1 atom stereocenters. The molecular weight excluding hydrogens is 230 g/mol. The van der Waals surface area contributed by atoms with Crippen LogP contribution in [0.15, 0.2) is 47.1 Å². The van der Waals surface area contributed by atoms with Gasteiger partial charge in [0, 0.05) is 6.54 Å². The van der Waals surface area contributed by atoms with E-state index in [1.165, 1.54) is 0 Å². The second-order valence-corrected chi connectivity index (χ2v) is 3.98. The van der Waals surface area contributed by atoms with Gasteiger partial charge < -0.3 is 19.6 Å².